The molecule has 116 valence electrons. The molecule has 0 aliphatic carbocycles. The third kappa shape index (κ3) is 3.05. The Hall–Kier alpha value is -2.50. The summed E-state index contributed by atoms with van der Waals surface area (Å²) in [5, 5.41) is 0. The van der Waals surface area contributed by atoms with E-state index in [4.69, 9.17) is 9.47 Å². The molecule has 3 nitrogen and oxygen atoms in total. The SMILES string of the molecule is COc1cccc(OC)c1-c1ccc(C(=O)C(F)(F)F)cc1. The number of hydrogen-bond donors (Lipinski definition) is 0. The first-order valence-electron chi connectivity index (χ1n) is 6.31. The molecule has 0 aliphatic rings. The quantitative estimate of drug-likeness (QED) is 0.797. The van der Waals surface area contributed by atoms with Gasteiger partial charge in [0, 0.05) is 5.56 Å². The van der Waals surface area contributed by atoms with Crippen LogP contribution in [0.4, 0.5) is 13.2 Å². The Morgan fingerprint density at radius 1 is 0.909 bits per heavy atom. The van der Waals surface area contributed by atoms with Gasteiger partial charge in [0.15, 0.2) is 0 Å². The molecule has 0 saturated carbocycles. The fourth-order valence-electron chi connectivity index (χ4n) is 2.09. The summed E-state index contributed by atoms with van der Waals surface area (Å²) in [4.78, 5) is 11.2. The molecule has 2 aromatic rings. The average molecular weight is 310 g/mol. The summed E-state index contributed by atoms with van der Waals surface area (Å²) in [6, 6.07) is 10.3. The molecule has 0 unspecified atom stereocenters. The third-order valence-corrected chi connectivity index (χ3v) is 3.12. The van der Waals surface area contributed by atoms with E-state index in [2.05, 4.69) is 0 Å². The number of carbonyl (C=O) groups excluding carboxylic acids is 1. The molecule has 0 radical (unpaired) electrons. The molecule has 0 fully saturated rings. The van der Waals surface area contributed by atoms with E-state index in [0.717, 1.165) is 12.1 Å². The number of methoxy groups -OCH3 is 2. The summed E-state index contributed by atoms with van der Waals surface area (Å²) in [6.45, 7) is 0. The minimum absolute atomic E-state index is 0.412. The van der Waals surface area contributed by atoms with Crippen LogP contribution in [-0.2, 0) is 0 Å². The van der Waals surface area contributed by atoms with Crippen molar-refractivity contribution in [2.75, 3.05) is 14.2 Å². The number of hydrogen-bond acceptors (Lipinski definition) is 3. The maximum absolute atomic E-state index is 12.4. The smallest absolute Gasteiger partial charge is 0.454 e. The highest BCUT2D eigenvalue weighted by molar-refractivity contribution is 6.00. The maximum atomic E-state index is 12.4. The first-order valence-corrected chi connectivity index (χ1v) is 6.31. The molecule has 0 aromatic heterocycles. The van der Waals surface area contributed by atoms with Crippen molar-refractivity contribution in [3.63, 3.8) is 0 Å². The van der Waals surface area contributed by atoms with Gasteiger partial charge in [0.25, 0.3) is 5.78 Å². The lowest BCUT2D eigenvalue weighted by atomic mass is 10.0. The summed E-state index contributed by atoms with van der Waals surface area (Å²) < 4.78 is 47.7. The lowest BCUT2D eigenvalue weighted by Gasteiger charge is -2.13. The van der Waals surface area contributed by atoms with Crippen molar-refractivity contribution in [3.05, 3.63) is 48.0 Å². The van der Waals surface area contributed by atoms with E-state index in [-0.39, 0.29) is 0 Å². The fourth-order valence-corrected chi connectivity index (χ4v) is 2.09. The monoisotopic (exact) mass is 310 g/mol. The minimum Gasteiger partial charge on any atom is -0.496 e. The molecular weight excluding hydrogens is 297 g/mol. The number of halogens is 3. The van der Waals surface area contributed by atoms with Crippen molar-refractivity contribution >= 4 is 5.78 Å². The summed E-state index contributed by atoms with van der Waals surface area (Å²) >= 11 is 0. The van der Waals surface area contributed by atoms with Gasteiger partial charge in [-0.1, -0.05) is 30.3 Å². The van der Waals surface area contributed by atoms with E-state index < -0.39 is 17.5 Å². The van der Waals surface area contributed by atoms with Gasteiger partial charge >= 0.3 is 6.18 Å². The zero-order chi connectivity index (χ0) is 16.3. The maximum Gasteiger partial charge on any atom is 0.454 e. The van der Waals surface area contributed by atoms with Crippen LogP contribution in [0.1, 0.15) is 10.4 Å². The second-order valence-corrected chi connectivity index (χ2v) is 4.44. The van der Waals surface area contributed by atoms with Gasteiger partial charge in [-0.3, -0.25) is 4.79 Å². The van der Waals surface area contributed by atoms with Crippen LogP contribution in [0.3, 0.4) is 0 Å². The van der Waals surface area contributed by atoms with Crippen molar-refractivity contribution in [2.45, 2.75) is 6.18 Å². The van der Waals surface area contributed by atoms with Gasteiger partial charge < -0.3 is 9.47 Å². The molecule has 0 atom stereocenters. The van der Waals surface area contributed by atoms with Gasteiger partial charge in [0.2, 0.25) is 0 Å². The van der Waals surface area contributed by atoms with Crippen molar-refractivity contribution in [3.8, 4) is 22.6 Å². The molecule has 0 spiro atoms. The minimum atomic E-state index is -4.89. The van der Waals surface area contributed by atoms with Gasteiger partial charge in [-0.05, 0) is 17.7 Å². The van der Waals surface area contributed by atoms with Crippen molar-refractivity contribution in [2.24, 2.45) is 0 Å². The van der Waals surface area contributed by atoms with Crippen LogP contribution in [-0.4, -0.2) is 26.2 Å². The van der Waals surface area contributed by atoms with E-state index in [9.17, 15) is 18.0 Å². The highest BCUT2D eigenvalue weighted by atomic mass is 19.4. The Bertz CT molecular complexity index is 654. The highest BCUT2D eigenvalue weighted by Crippen LogP contribution is 2.38. The molecule has 0 bridgehead atoms. The van der Waals surface area contributed by atoms with Gasteiger partial charge in [0.05, 0.1) is 19.8 Å². The number of rotatable bonds is 4. The van der Waals surface area contributed by atoms with E-state index >= 15 is 0 Å². The Kier molecular flexibility index (Phi) is 4.40. The molecule has 2 aromatic carbocycles. The summed E-state index contributed by atoms with van der Waals surface area (Å²) in [5.74, 6) is -0.825. The topological polar surface area (TPSA) is 35.5 Å². The van der Waals surface area contributed by atoms with Crippen molar-refractivity contribution in [1.29, 1.82) is 0 Å². The zero-order valence-electron chi connectivity index (χ0n) is 11.9. The number of alkyl halides is 3. The van der Waals surface area contributed by atoms with Crippen LogP contribution in [0.2, 0.25) is 0 Å². The summed E-state index contributed by atoms with van der Waals surface area (Å²) in [6.07, 6.45) is -4.89. The van der Waals surface area contributed by atoms with Crippen LogP contribution in [0.15, 0.2) is 42.5 Å². The number of ether oxygens (including phenoxy) is 2. The van der Waals surface area contributed by atoms with E-state index in [1.54, 1.807) is 18.2 Å². The molecule has 0 N–H and O–H groups in total. The van der Waals surface area contributed by atoms with E-state index in [0.29, 0.717) is 22.6 Å². The van der Waals surface area contributed by atoms with Crippen LogP contribution < -0.4 is 9.47 Å². The zero-order valence-corrected chi connectivity index (χ0v) is 11.9. The first kappa shape index (κ1) is 15.9. The Morgan fingerprint density at radius 3 is 1.82 bits per heavy atom. The molecule has 0 amide bonds. The summed E-state index contributed by atoms with van der Waals surface area (Å²) in [7, 11) is 2.97. The van der Waals surface area contributed by atoms with Crippen LogP contribution in [0.5, 0.6) is 11.5 Å². The Balaban J connectivity index is 2.46. The van der Waals surface area contributed by atoms with Gasteiger partial charge in [-0.25, -0.2) is 0 Å². The first-order chi connectivity index (χ1) is 10.4. The molecule has 2 rings (SSSR count). The number of benzene rings is 2. The van der Waals surface area contributed by atoms with E-state index in [1.165, 1.54) is 26.4 Å². The van der Waals surface area contributed by atoms with Gasteiger partial charge in [0.1, 0.15) is 11.5 Å². The lowest BCUT2D eigenvalue weighted by Crippen LogP contribution is -2.22. The molecule has 0 saturated heterocycles. The normalized spacial score (nSPS) is 11.1. The molecular formula is C16H13F3O3. The highest BCUT2D eigenvalue weighted by Gasteiger charge is 2.39. The fraction of sp³-hybridized carbons (Fsp3) is 0.188. The average Bonchev–Trinajstić information content (AvgIpc) is 2.52. The second kappa shape index (κ2) is 6.09. The molecule has 0 heterocycles. The van der Waals surface area contributed by atoms with Crippen molar-refractivity contribution in [1.82, 2.24) is 0 Å². The lowest BCUT2D eigenvalue weighted by molar-refractivity contribution is -0.0885. The van der Waals surface area contributed by atoms with Crippen LogP contribution in [0.25, 0.3) is 11.1 Å². The third-order valence-electron chi connectivity index (χ3n) is 3.12. The molecule has 0 aliphatic heterocycles. The second-order valence-electron chi connectivity index (χ2n) is 4.44. The predicted octanol–water partition coefficient (Wildman–Crippen LogP) is 4.12. The van der Waals surface area contributed by atoms with Gasteiger partial charge in [-0.2, -0.15) is 13.2 Å². The number of Topliss-reactive ketones (excluding diaryl/α,β-unsaturated/α-hetero) is 1. The molecule has 6 heteroatoms. The number of ketones is 1. The standard InChI is InChI=1S/C16H13F3O3/c1-21-12-4-3-5-13(22-2)14(12)10-6-8-11(9-7-10)15(20)16(17,18)19/h3-9H,1-2H3. The largest absolute Gasteiger partial charge is 0.496 e. The molecule has 22 heavy (non-hydrogen) atoms. The van der Waals surface area contributed by atoms with Gasteiger partial charge in [-0.15, -0.1) is 0 Å². The Morgan fingerprint density at radius 2 is 1.41 bits per heavy atom. The van der Waals surface area contributed by atoms with Crippen LogP contribution in [0, 0.1) is 0 Å². The number of carbonyl (C=O) groups is 1. The summed E-state index contributed by atoms with van der Waals surface area (Å²) in [5.41, 5.74) is 0.789. The Labute approximate surface area is 125 Å². The predicted molar refractivity (Wildman–Crippen MR) is 75.4 cm³/mol. The van der Waals surface area contributed by atoms with E-state index in [1.807, 2.05) is 0 Å². The van der Waals surface area contributed by atoms with Crippen LogP contribution >= 0.6 is 0 Å². The van der Waals surface area contributed by atoms with Crippen molar-refractivity contribution < 1.29 is 27.4 Å².